The van der Waals surface area contributed by atoms with Gasteiger partial charge < -0.3 is 14.8 Å². The summed E-state index contributed by atoms with van der Waals surface area (Å²) in [6.07, 6.45) is 2.45. The van der Waals surface area contributed by atoms with Crippen molar-refractivity contribution in [2.45, 2.75) is 12.5 Å². The lowest BCUT2D eigenvalue weighted by molar-refractivity contribution is 0.350. The van der Waals surface area contributed by atoms with Gasteiger partial charge in [0.25, 0.3) is 0 Å². The molecule has 6 heteroatoms. The van der Waals surface area contributed by atoms with Gasteiger partial charge in [0.1, 0.15) is 5.69 Å². The molecular formula is C13H17N3O2S. The van der Waals surface area contributed by atoms with Crippen LogP contribution in [0.15, 0.2) is 23.0 Å². The molecule has 102 valence electrons. The van der Waals surface area contributed by atoms with Gasteiger partial charge in [-0.15, -0.1) is 0 Å². The molecule has 0 fully saturated rings. The van der Waals surface area contributed by atoms with E-state index < -0.39 is 0 Å². The summed E-state index contributed by atoms with van der Waals surface area (Å²) in [6.45, 7) is 0. The van der Waals surface area contributed by atoms with E-state index in [0.29, 0.717) is 11.8 Å². The molecule has 0 amide bonds. The highest BCUT2D eigenvalue weighted by atomic mass is 32.1. The third kappa shape index (κ3) is 3.21. The van der Waals surface area contributed by atoms with Crippen molar-refractivity contribution >= 4 is 11.3 Å². The van der Waals surface area contributed by atoms with E-state index in [9.17, 15) is 0 Å². The van der Waals surface area contributed by atoms with Gasteiger partial charge in [-0.25, -0.2) is 4.98 Å². The Kier molecular flexibility index (Phi) is 4.70. The van der Waals surface area contributed by atoms with E-state index >= 15 is 0 Å². The number of nitrogens with one attached hydrogen (secondary N) is 1. The van der Waals surface area contributed by atoms with Crippen LogP contribution in [-0.4, -0.2) is 31.2 Å². The highest BCUT2D eigenvalue weighted by Crippen LogP contribution is 2.26. The van der Waals surface area contributed by atoms with E-state index in [-0.39, 0.29) is 6.04 Å². The first kappa shape index (κ1) is 13.8. The normalized spacial score (nSPS) is 12.2. The zero-order chi connectivity index (χ0) is 13.7. The first-order valence-corrected chi connectivity index (χ1v) is 6.86. The van der Waals surface area contributed by atoms with Crippen molar-refractivity contribution in [3.05, 3.63) is 34.3 Å². The average molecular weight is 279 g/mol. The standard InChI is InChI=1S/C13H17N3O2S/c1-14-10(6-9-4-5-19-8-9)12-13(18-3)16-11(17-2)7-15-12/h4-5,7-8,10,14H,6H2,1-3H3. The molecule has 5 nitrogen and oxygen atoms in total. The van der Waals surface area contributed by atoms with Crippen LogP contribution in [-0.2, 0) is 6.42 Å². The Morgan fingerprint density at radius 3 is 2.79 bits per heavy atom. The van der Waals surface area contributed by atoms with Crippen molar-refractivity contribution in [1.29, 1.82) is 0 Å². The molecular weight excluding hydrogens is 262 g/mol. The van der Waals surface area contributed by atoms with E-state index in [4.69, 9.17) is 9.47 Å². The Balaban J connectivity index is 2.26. The predicted octanol–water partition coefficient (Wildman–Crippen LogP) is 2.06. The fraction of sp³-hybridized carbons (Fsp3) is 0.385. The molecule has 0 saturated carbocycles. The molecule has 2 aromatic heterocycles. The molecule has 2 aromatic rings. The van der Waals surface area contributed by atoms with E-state index in [1.165, 1.54) is 5.56 Å². The zero-order valence-corrected chi connectivity index (χ0v) is 12.0. The summed E-state index contributed by atoms with van der Waals surface area (Å²) in [7, 11) is 5.05. The maximum Gasteiger partial charge on any atom is 0.240 e. The summed E-state index contributed by atoms with van der Waals surface area (Å²) in [6, 6.07) is 2.17. The van der Waals surface area contributed by atoms with Crippen LogP contribution in [0.4, 0.5) is 0 Å². The smallest absolute Gasteiger partial charge is 0.240 e. The van der Waals surface area contributed by atoms with Gasteiger partial charge in [-0.1, -0.05) is 0 Å². The maximum atomic E-state index is 5.30. The molecule has 1 N–H and O–H groups in total. The van der Waals surface area contributed by atoms with Crippen molar-refractivity contribution < 1.29 is 9.47 Å². The fourth-order valence-corrected chi connectivity index (χ4v) is 2.52. The second kappa shape index (κ2) is 6.49. The second-order valence-electron chi connectivity index (χ2n) is 3.98. The van der Waals surface area contributed by atoms with Crippen molar-refractivity contribution in [1.82, 2.24) is 15.3 Å². The Hall–Kier alpha value is -1.66. The minimum absolute atomic E-state index is 0.0583. The molecule has 0 aliphatic rings. The summed E-state index contributed by atoms with van der Waals surface area (Å²) in [4.78, 5) is 8.66. The molecule has 0 saturated heterocycles. The first-order chi connectivity index (χ1) is 9.28. The molecule has 2 heterocycles. The molecule has 1 unspecified atom stereocenters. The summed E-state index contributed by atoms with van der Waals surface area (Å²) in [5.41, 5.74) is 2.06. The number of rotatable bonds is 6. The van der Waals surface area contributed by atoms with E-state index in [1.807, 2.05) is 7.05 Å². The van der Waals surface area contributed by atoms with Crippen molar-refractivity contribution in [2.75, 3.05) is 21.3 Å². The topological polar surface area (TPSA) is 56.3 Å². The van der Waals surface area contributed by atoms with Crippen LogP contribution in [0.25, 0.3) is 0 Å². The lowest BCUT2D eigenvalue weighted by Crippen LogP contribution is -2.21. The summed E-state index contributed by atoms with van der Waals surface area (Å²) >= 11 is 1.69. The lowest BCUT2D eigenvalue weighted by Gasteiger charge is -2.17. The average Bonchev–Trinajstić information content (AvgIpc) is 2.97. The van der Waals surface area contributed by atoms with Crippen molar-refractivity contribution in [2.24, 2.45) is 0 Å². The second-order valence-corrected chi connectivity index (χ2v) is 4.76. The van der Waals surface area contributed by atoms with Gasteiger partial charge in [0.05, 0.1) is 26.5 Å². The minimum Gasteiger partial charge on any atom is -0.480 e. The SMILES string of the molecule is CNC(Cc1ccsc1)c1ncc(OC)nc1OC. The summed E-state index contributed by atoms with van der Waals surface area (Å²) in [5, 5.41) is 7.45. The molecule has 0 spiro atoms. The highest BCUT2D eigenvalue weighted by Gasteiger charge is 2.19. The lowest BCUT2D eigenvalue weighted by atomic mass is 10.1. The van der Waals surface area contributed by atoms with Gasteiger partial charge in [0.15, 0.2) is 0 Å². The number of hydrogen-bond donors (Lipinski definition) is 1. The third-order valence-corrected chi connectivity index (χ3v) is 3.58. The van der Waals surface area contributed by atoms with Gasteiger partial charge in [0, 0.05) is 0 Å². The molecule has 0 aliphatic carbocycles. The monoisotopic (exact) mass is 279 g/mol. The number of nitrogens with zero attached hydrogens (tertiary/aromatic N) is 2. The van der Waals surface area contributed by atoms with Crippen molar-refractivity contribution in [3.8, 4) is 11.8 Å². The van der Waals surface area contributed by atoms with Crippen LogP contribution < -0.4 is 14.8 Å². The molecule has 2 rings (SSSR count). The van der Waals surface area contributed by atoms with Crippen LogP contribution in [0, 0.1) is 0 Å². The van der Waals surface area contributed by atoms with E-state index in [0.717, 1.165) is 12.1 Å². The molecule has 0 aliphatic heterocycles. The van der Waals surface area contributed by atoms with Crippen LogP contribution in [0.3, 0.4) is 0 Å². The van der Waals surface area contributed by atoms with Crippen LogP contribution >= 0.6 is 11.3 Å². The summed E-state index contributed by atoms with van der Waals surface area (Å²) < 4.78 is 10.4. The zero-order valence-electron chi connectivity index (χ0n) is 11.2. The number of hydrogen-bond acceptors (Lipinski definition) is 6. The Morgan fingerprint density at radius 2 is 2.21 bits per heavy atom. The molecule has 1 atom stereocenters. The first-order valence-electron chi connectivity index (χ1n) is 5.91. The van der Waals surface area contributed by atoms with Crippen LogP contribution in [0.5, 0.6) is 11.8 Å². The number of methoxy groups -OCH3 is 2. The number of ether oxygens (including phenoxy) is 2. The van der Waals surface area contributed by atoms with Crippen LogP contribution in [0.2, 0.25) is 0 Å². The largest absolute Gasteiger partial charge is 0.480 e. The molecule has 0 radical (unpaired) electrons. The van der Waals surface area contributed by atoms with Gasteiger partial charge >= 0.3 is 0 Å². The van der Waals surface area contributed by atoms with Gasteiger partial charge in [-0.05, 0) is 35.9 Å². The van der Waals surface area contributed by atoms with Crippen LogP contribution in [0.1, 0.15) is 17.3 Å². The Labute approximate surface area is 116 Å². The minimum atomic E-state index is 0.0583. The predicted molar refractivity (Wildman–Crippen MR) is 75.0 cm³/mol. The fourth-order valence-electron chi connectivity index (χ4n) is 1.83. The van der Waals surface area contributed by atoms with Crippen molar-refractivity contribution in [3.63, 3.8) is 0 Å². The van der Waals surface area contributed by atoms with Gasteiger partial charge in [-0.3, -0.25) is 0 Å². The number of thiophene rings is 1. The van der Waals surface area contributed by atoms with E-state index in [1.54, 1.807) is 31.8 Å². The highest BCUT2D eigenvalue weighted by molar-refractivity contribution is 7.07. The van der Waals surface area contributed by atoms with Gasteiger partial charge in [0.2, 0.25) is 11.8 Å². The number of aromatic nitrogens is 2. The number of likely N-dealkylation sites (N-methyl/N-ethyl adjacent to an activating group) is 1. The third-order valence-electron chi connectivity index (χ3n) is 2.85. The van der Waals surface area contributed by atoms with Gasteiger partial charge in [-0.2, -0.15) is 16.3 Å². The molecule has 19 heavy (non-hydrogen) atoms. The Morgan fingerprint density at radius 1 is 1.37 bits per heavy atom. The summed E-state index contributed by atoms with van der Waals surface area (Å²) in [5.74, 6) is 0.944. The Bertz CT molecular complexity index is 517. The molecule has 0 bridgehead atoms. The van der Waals surface area contributed by atoms with E-state index in [2.05, 4.69) is 32.1 Å². The quantitative estimate of drug-likeness (QED) is 0.877. The molecule has 0 aromatic carbocycles. The maximum absolute atomic E-state index is 5.30.